The van der Waals surface area contributed by atoms with E-state index in [1.807, 2.05) is 36.4 Å². The molecule has 0 aliphatic carbocycles. The first-order valence-electron chi connectivity index (χ1n) is 18.6. The van der Waals surface area contributed by atoms with E-state index >= 15 is 0 Å². The van der Waals surface area contributed by atoms with Crippen molar-refractivity contribution in [2.24, 2.45) is 0 Å². The van der Waals surface area contributed by atoms with Crippen LogP contribution in [0.25, 0.3) is 83.7 Å². The molecule has 11 rings (SSSR count). The maximum Gasteiger partial charge on any atom is 0.227 e. The molecule has 3 aromatic heterocycles. The maximum absolute atomic E-state index is 6.44. The second-order valence-electron chi connectivity index (χ2n) is 13.9. The quantitative estimate of drug-likeness (QED) is 0.164. The van der Waals surface area contributed by atoms with E-state index in [0.717, 1.165) is 44.9 Å². The third-order valence-corrected chi connectivity index (χ3v) is 10.5. The first-order valence-corrected chi connectivity index (χ1v) is 18.6. The second kappa shape index (κ2) is 13.0. The van der Waals surface area contributed by atoms with Crippen LogP contribution in [0.3, 0.4) is 0 Å². The molecule has 0 radical (unpaired) electrons. The number of nitrogens with zero attached hydrogens (tertiary/aromatic N) is 4. The van der Waals surface area contributed by atoms with Gasteiger partial charge in [0.05, 0.1) is 11.0 Å². The van der Waals surface area contributed by atoms with Crippen molar-refractivity contribution >= 4 is 61.1 Å². The van der Waals surface area contributed by atoms with Gasteiger partial charge in [-0.05, 0) is 102 Å². The highest BCUT2D eigenvalue weighted by atomic mass is 16.4. The van der Waals surface area contributed by atoms with Crippen LogP contribution < -0.4 is 4.90 Å². The van der Waals surface area contributed by atoms with Crippen molar-refractivity contribution in [3.8, 4) is 39.7 Å². The van der Waals surface area contributed by atoms with Crippen LogP contribution in [-0.4, -0.2) is 14.5 Å². The van der Waals surface area contributed by atoms with E-state index in [9.17, 15) is 0 Å². The van der Waals surface area contributed by atoms with E-state index in [1.54, 1.807) is 0 Å². The number of para-hydroxylation sites is 3. The van der Waals surface area contributed by atoms with Gasteiger partial charge < -0.3 is 18.3 Å². The van der Waals surface area contributed by atoms with Gasteiger partial charge in [0, 0.05) is 50.7 Å². The van der Waals surface area contributed by atoms with E-state index in [4.69, 9.17) is 18.8 Å². The van der Waals surface area contributed by atoms with E-state index < -0.39 is 0 Å². The number of aromatic nitrogens is 3. The molecule has 8 aromatic carbocycles. The molecule has 0 spiro atoms. The lowest BCUT2D eigenvalue weighted by Crippen LogP contribution is -2.09. The lowest BCUT2D eigenvalue weighted by Gasteiger charge is -2.25. The average molecular weight is 721 g/mol. The highest BCUT2D eigenvalue weighted by Gasteiger charge is 2.18. The van der Waals surface area contributed by atoms with Crippen LogP contribution in [-0.2, 0) is 0 Å². The van der Waals surface area contributed by atoms with Crippen molar-refractivity contribution < 1.29 is 8.83 Å². The lowest BCUT2D eigenvalue weighted by molar-refractivity contribution is 0.614. The highest BCUT2D eigenvalue weighted by Crippen LogP contribution is 2.39. The Balaban J connectivity index is 0.902. The predicted octanol–water partition coefficient (Wildman–Crippen LogP) is 13.5. The monoisotopic (exact) mass is 720 g/mol. The van der Waals surface area contributed by atoms with E-state index in [0.29, 0.717) is 22.9 Å². The van der Waals surface area contributed by atoms with Gasteiger partial charge in [0.2, 0.25) is 11.8 Å². The smallest absolute Gasteiger partial charge is 0.227 e. The molecule has 0 fully saturated rings. The zero-order valence-corrected chi connectivity index (χ0v) is 30.1. The zero-order valence-electron chi connectivity index (χ0n) is 30.1. The number of hydrogen-bond acceptors (Lipinski definition) is 5. The summed E-state index contributed by atoms with van der Waals surface area (Å²) >= 11 is 0. The molecule has 0 saturated heterocycles. The standard InChI is InChI=1S/C50H32N4O2/c1-3-11-33(12-4-1)34-19-24-38(25-20-34)53(37-13-5-2-6-14-37)40-28-30-44-48(32-40)56-50(52-44)36-23-29-43-47(31-36)55-49(51-43)35-21-26-39(27-22-35)54-45-17-9-7-15-41(45)42-16-8-10-18-46(42)54/h1-32H. The molecule has 0 aliphatic heterocycles. The number of anilines is 3. The van der Waals surface area contributed by atoms with Crippen molar-refractivity contribution in [2.45, 2.75) is 0 Å². The Morgan fingerprint density at radius 2 is 0.857 bits per heavy atom. The normalized spacial score (nSPS) is 11.6. The summed E-state index contributed by atoms with van der Waals surface area (Å²) in [7, 11) is 0. The van der Waals surface area contributed by atoms with Gasteiger partial charge in [0.1, 0.15) is 11.0 Å². The molecular weight excluding hydrogens is 689 g/mol. The van der Waals surface area contributed by atoms with Gasteiger partial charge >= 0.3 is 0 Å². The lowest BCUT2D eigenvalue weighted by atomic mass is 10.0. The van der Waals surface area contributed by atoms with Crippen LogP contribution in [0.1, 0.15) is 0 Å². The van der Waals surface area contributed by atoms with Gasteiger partial charge in [-0.25, -0.2) is 9.97 Å². The summed E-state index contributed by atoms with van der Waals surface area (Å²) in [5.74, 6) is 1.08. The Bertz CT molecular complexity index is 3130. The summed E-state index contributed by atoms with van der Waals surface area (Å²) in [4.78, 5) is 11.9. The first-order chi connectivity index (χ1) is 27.7. The third-order valence-electron chi connectivity index (χ3n) is 10.5. The van der Waals surface area contributed by atoms with Crippen LogP contribution in [0.5, 0.6) is 0 Å². The molecular formula is C50H32N4O2. The largest absolute Gasteiger partial charge is 0.436 e. The Morgan fingerprint density at radius 1 is 0.375 bits per heavy atom. The number of benzene rings is 8. The van der Waals surface area contributed by atoms with Gasteiger partial charge in [0.25, 0.3) is 0 Å². The van der Waals surface area contributed by atoms with E-state index in [1.165, 1.54) is 32.9 Å². The molecule has 3 heterocycles. The average Bonchev–Trinajstić information content (AvgIpc) is 3.99. The fourth-order valence-electron chi connectivity index (χ4n) is 7.77. The minimum absolute atomic E-state index is 0.519. The van der Waals surface area contributed by atoms with Crippen molar-refractivity contribution in [3.05, 3.63) is 194 Å². The van der Waals surface area contributed by atoms with Crippen LogP contribution in [0, 0.1) is 0 Å². The number of hydrogen-bond donors (Lipinski definition) is 0. The summed E-state index contributed by atoms with van der Waals surface area (Å²) in [5.41, 5.74) is 13.5. The molecule has 6 heteroatoms. The van der Waals surface area contributed by atoms with Crippen molar-refractivity contribution in [1.82, 2.24) is 14.5 Å². The minimum Gasteiger partial charge on any atom is -0.436 e. The number of fused-ring (bicyclic) bond motifs is 5. The fourth-order valence-corrected chi connectivity index (χ4v) is 7.77. The van der Waals surface area contributed by atoms with Crippen molar-refractivity contribution in [2.75, 3.05) is 4.90 Å². The molecule has 0 bridgehead atoms. The Hall–Kier alpha value is -7.70. The predicted molar refractivity (Wildman–Crippen MR) is 227 cm³/mol. The van der Waals surface area contributed by atoms with Gasteiger partial charge in [-0.3, -0.25) is 0 Å². The van der Waals surface area contributed by atoms with Crippen LogP contribution >= 0.6 is 0 Å². The number of oxazole rings is 2. The Kier molecular flexibility index (Phi) is 7.38. The Morgan fingerprint density at radius 3 is 1.54 bits per heavy atom. The molecule has 0 unspecified atom stereocenters. The second-order valence-corrected chi connectivity index (χ2v) is 13.9. The van der Waals surface area contributed by atoms with Gasteiger partial charge in [-0.2, -0.15) is 0 Å². The topological polar surface area (TPSA) is 60.2 Å². The van der Waals surface area contributed by atoms with Gasteiger partial charge in [0.15, 0.2) is 11.2 Å². The van der Waals surface area contributed by atoms with Gasteiger partial charge in [-0.15, -0.1) is 0 Å². The summed E-state index contributed by atoms with van der Waals surface area (Å²) in [6, 6.07) is 66.9. The molecule has 0 amide bonds. The SMILES string of the molecule is c1ccc(-c2ccc(N(c3ccccc3)c3ccc4nc(-c5ccc6nc(-c7ccc(-n8c9ccccc9c9ccccc98)cc7)oc6c5)oc4c3)cc2)cc1. The summed E-state index contributed by atoms with van der Waals surface area (Å²) in [6.07, 6.45) is 0. The maximum atomic E-state index is 6.44. The third kappa shape index (κ3) is 5.43. The first kappa shape index (κ1) is 31.8. The van der Waals surface area contributed by atoms with E-state index in [2.05, 4.69) is 167 Å². The molecule has 0 N–H and O–H groups in total. The molecule has 0 atom stereocenters. The van der Waals surface area contributed by atoms with Crippen molar-refractivity contribution in [3.63, 3.8) is 0 Å². The molecule has 11 aromatic rings. The molecule has 0 saturated carbocycles. The van der Waals surface area contributed by atoms with Crippen LogP contribution in [0.4, 0.5) is 17.1 Å². The summed E-state index contributed by atoms with van der Waals surface area (Å²) in [5, 5.41) is 2.47. The summed E-state index contributed by atoms with van der Waals surface area (Å²) < 4.78 is 15.1. The number of rotatable bonds is 7. The minimum atomic E-state index is 0.519. The molecule has 56 heavy (non-hydrogen) atoms. The molecule has 0 aliphatic rings. The van der Waals surface area contributed by atoms with E-state index in [-0.39, 0.29) is 0 Å². The highest BCUT2D eigenvalue weighted by molar-refractivity contribution is 6.09. The van der Waals surface area contributed by atoms with Crippen LogP contribution in [0.2, 0.25) is 0 Å². The van der Waals surface area contributed by atoms with Crippen molar-refractivity contribution in [1.29, 1.82) is 0 Å². The zero-order chi connectivity index (χ0) is 37.0. The fraction of sp³-hybridized carbons (Fsp3) is 0. The molecule has 264 valence electrons. The van der Waals surface area contributed by atoms with Gasteiger partial charge in [-0.1, -0.05) is 97.1 Å². The summed E-state index contributed by atoms with van der Waals surface area (Å²) in [6.45, 7) is 0. The Labute approximate surface area is 322 Å². The molecule has 6 nitrogen and oxygen atoms in total. The van der Waals surface area contributed by atoms with Crippen LogP contribution in [0.15, 0.2) is 203 Å².